The molecule has 1 aliphatic rings. The number of rotatable bonds is 2. The van der Waals surface area contributed by atoms with Gasteiger partial charge in [0.1, 0.15) is 0 Å². The van der Waals surface area contributed by atoms with Gasteiger partial charge in [0.05, 0.1) is 0 Å². The fourth-order valence-electron chi connectivity index (χ4n) is 2.21. The summed E-state index contributed by atoms with van der Waals surface area (Å²) in [5, 5.41) is 3.57. The minimum absolute atomic E-state index is 0.222. The van der Waals surface area contributed by atoms with Gasteiger partial charge in [0.2, 0.25) is 0 Å². The van der Waals surface area contributed by atoms with Crippen molar-refractivity contribution in [2.75, 3.05) is 13.1 Å². The third-order valence-corrected chi connectivity index (χ3v) is 3.23. The van der Waals surface area contributed by atoms with E-state index in [4.69, 9.17) is 0 Å². The molecule has 1 unspecified atom stereocenters. The zero-order chi connectivity index (χ0) is 11.6. The van der Waals surface area contributed by atoms with Crippen LogP contribution in [0, 0.1) is 0 Å². The van der Waals surface area contributed by atoms with Crippen molar-refractivity contribution in [1.29, 1.82) is 0 Å². The Hall–Kier alpha value is -0.930. The maximum Gasteiger partial charge on any atom is 0.0271 e. The highest BCUT2D eigenvalue weighted by atomic mass is 15.2. The van der Waals surface area contributed by atoms with Crippen LogP contribution in [0.15, 0.2) is 24.5 Å². The molecule has 1 saturated heterocycles. The Balaban J connectivity index is 2.03. The van der Waals surface area contributed by atoms with Gasteiger partial charge >= 0.3 is 0 Å². The molecular formula is C13H21N3. The highest BCUT2D eigenvalue weighted by Gasteiger charge is 2.29. The molecule has 1 atom stereocenters. The van der Waals surface area contributed by atoms with Crippen molar-refractivity contribution >= 4 is 0 Å². The van der Waals surface area contributed by atoms with E-state index in [1.807, 2.05) is 12.4 Å². The van der Waals surface area contributed by atoms with Crippen LogP contribution in [0.1, 0.15) is 26.3 Å². The summed E-state index contributed by atoms with van der Waals surface area (Å²) in [5.74, 6) is 0. The third-order valence-electron chi connectivity index (χ3n) is 3.23. The van der Waals surface area contributed by atoms with Crippen LogP contribution < -0.4 is 5.32 Å². The zero-order valence-corrected chi connectivity index (χ0v) is 10.4. The lowest BCUT2D eigenvalue weighted by Gasteiger charge is -2.43. The molecule has 3 heteroatoms. The minimum Gasteiger partial charge on any atom is -0.309 e. The van der Waals surface area contributed by atoms with Crippen molar-refractivity contribution in [2.24, 2.45) is 0 Å². The van der Waals surface area contributed by atoms with Gasteiger partial charge in [0.25, 0.3) is 0 Å². The summed E-state index contributed by atoms with van der Waals surface area (Å²) >= 11 is 0. The molecule has 1 fully saturated rings. The van der Waals surface area contributed by atoms with Gasteiger partial charge in [0.15, 0.2) is 0 Å². The van der Waals surface area contributed by atoms with E-state index < -0.39 is 0 Å². The van der Waals surface area contributed by atoms with Crippen LogP contribution in [0.25, 0.3) is 0 Å². The largest absolute Gasteiger partial charge is 0.309 e. The molecule has 1 N–H and O–H groups in total. The Morgan fingerprint density at radius 2 is 2.12 bits per heavy atom. The Labute approximate surface area is 97.9 Å². The molecule has 0 spiro atoms. The van der Waals surface area contributed by atoms with Gasteiger partial charge in [-0.05, 0) is 38.5 Å². The quantitative estimate of drug-likeness (QED) is 0.820. The zero-order valence-electron chi connectivity index (χ0n) is 10.4. The van der Waals surface area contributed by atoms with Crippen LogP contribution in [-0.4, -0.2) is 34.6 Å². The predicted octanol–water partition coefficient (Wildman–Crippen LogP) is 1.65. The van der Waals surface area contributed by atoms with E-state index in [1.54, 1.807) is 0 Å². The molecule has 0 aromatic carbocycles. The maximum atomic E-state index is 4.06. The summed E-state index contributed by atoms with van der Waals surface area (Å²) in [6, 6.07) is 4.80. The SMILES string of the molecule is CC1CNC(C)(C)CN1Cc1ccncc1. The molecule has 16 heavy (non-hydrogen) atoms. The fraction of sp³-hybridized carbons (Fsp3) is 0.615. The normalized spacial score (nSPS) is 25.6. The van der Waals surface area contributed by atoms with Crippen molar-refractivity contribution in [1.82, 2.24) is 15.2 Å². The van der Waals surface area contributed by atoms with E-state index in [-0.39, 0.29) is 5.54 Å². The topological polar surface area (TPSA) is 28.2 Å². The molecule has 1 aliphatic heterocycles. The van der Waals surface area contributed by atoms with Crippen molar-refractivity contribution in [3.8, 4) is 0 Å². The summed E-state index contributed by atoms with van der Waals surface area (Å²) in [6.07, 6.45) is 3.74. The van der Waals surface area contributed by atoms with Crippen LogP contribution in [0.4, 0.5) is 0 Å². The molecule has 88 valence electrons. The molecule has 0 aliphatic carbocycles. The van der Waals surface area contributed by atoms with Gasteiger partial charge in [-0.2, -0.15) is 0 Å². The molecule has 3 nitrogen and oxygen atoms in total. The number of pyridine rings is 1. The smallest absolute Gasteiger partial charge is 0.0271 e. The van der Waals surface area contributed by atoms with Gasteiger partial charge in [-0.15, -0.1) is 0 Å². The number of hydrogen-bond acceptors (Lipinski definition) is 3. The Morgan fingerprint density at radius 3 is 2.81 bits per heavy atom. The van der Waals surface area contributed by atoms with Gasteiger partial charge in [-0.3, -0.25) is 9.88 Å². The van der Waals surface area contributed by atoms with Crippen molar-refractivity contribution in [3.05, 3.63) is 30.1 Å². The lowest BCUT2D eigenvalue weighted by atomic mass is 9.99. The third kappa shape index (κ3) is 2.80. The average Bonchev–Trinajstić information content (AvgIpc) is 2.25. The highest BCUT2D eigenvalue weighted by Crippen LogP contribution is 2.17. The number of aromatic nitrogens is 1. The Bertz CT molecular complexity index is 334. The second-order valence-corrected chi connectivity index (χ2v) is 5.37. The second kappa shape index (κ2) is 4.52. The molecule has 2 rings (SSSR count). The molecule has 1 aromatic heterocycles. The van der Waals surface area contributed by atoms with Crippen LogP contribution in [0.5, 0.6) is 0 Å². The van der Waals surface area contributed by atoms with Crippen LogP contribution in [0.3, 0.4) is 0 Å². The van der Waals surface area contributed by atoms with E-state index in [0.29, 0.717) is 6.04 Å². The van der Waals surface area contributed by atoms with Gasteiger partial charge < -0.3 is 5.32 Å². The van der Waals surface area contributed by atoms with E-state index in [0.717, 1.165) is 19.6 Å². The number of hydrogen-bond donors (Lipinski definition) is 1. The first-order chi connectivity index (χ1) is 7.57. The molecular weight excluding hydrogens is 198 g/mol. The molecule has 0 amide bonds. The lowest BCUT2D eigenvalue weighted by Crippen LogP contribution is -2.60. The molecule has 2 heterocycles. The molecule has 0 radical (unpaired) electrons. The summed E-state index contributed by atoms with van der Waals surface area (Å²) in [5.41, 5.74) is 1.57. The molecule has 1 aromatic rings. The van der Waals surface area contributed by atoms with Gasteiger partial charge in [-0.1, -0.05) is 0 Å². The highest BCUT2D eigenvalue weighted by molar-refractivity contribution is 5.10. The fourth-order valence-corrected chi connectivity index (χ4v) is 2.21. The van der Waals surface area contributed by atoms with Crippen LogP contribution >= 0.6 is 0 Å². The Kier molecular flexibility index (Phi) is 3.26. The number of nitrogens with zero attached hydrogens (tertiary/aromatic N) is 2. The summed E-state index contributed by atoms with van der Waals surface area (Å²) in [4.78, 5) is 6.59. The first-order valence-corrected chi connectivity index (χ1v) is 5.95. The van der Waals surface area contributed by atoms with Crippen LogP contribution in [0.2, 0.25) is 0 Å². The lowest BCUT2D eigenvalue weighted by molar-refractivity contribution is 0.0977. The standard InChI is InChI=1S/C13H21N3/c1-11-8-15-13(2,3)10-16(11)9-12-4-6-14-7-5-12/h4-7,11,15H,8-10H2,1-3H3. The van der Waals surface area contributed by atoms with E-state index in [1.165, 1.54) is 5.56 Å². The van der Waals surface area contributed by atoms with Crippen LogP contribution in [-0.2, 0) is 6.54 Å². The summed E-state index contributed by atoms with van der Waals surface area (Å²) in [6.45, 7) is 9.99. The summed E-state index contributed by atoms with van der Waals surface area (Å²) < 4.78 is 0. The van der Waals surface area contributed by atoms with Crippen molar-refractivity contribution < 1.29 is 0 Å². The van der Waals surface area contributed by atoms with Gasteiger partial charge in [0, 0.05) is 43.6 Å². The van der Waals surface area contributed by atoms with E-state index in [9.17, 15) is 0 Å². The first kappa shape index (κ1) is 11.6. The maximum absolute atomic E-state index is 4.06. The monoisotopic (exact) mass is 219 g/mol. The molecule has 0 saturated carbocycles. The molecule has 0 bridgehead atoms. The van der Waals surface area contributed by atoms with Gasteiger partial charge in [-0.25, -0.2) is 0 Å². The number of piperazine rings is 1. The Morgan fingerprint density at radius 1 is 1.44 bits per heavy atom. The van der Waals surface area contributed by atoms with Crippen molar-refractivity contribution in [2.45, 2.75) is 38.9 Å². The van der Waals surface area contributed by atoms with E-state index >= 15 is 0 Å². The minimum atomic E-state index is 0.222. The number of nitrogens with one attached hydrogen (secondary N) is 1. The van der Waals surface area contributed by atoms with Crippen molar-refractivity contribution in [3.63, 3.8) is 0 Å². The summed E-state index contributed by atoms with van der Waals surface area (Å²) in [7, 11) is 0. The average molecular weight is 219 g/mol. The first-order valence-electron chi connectivity index (χ1n) is 5.95. The predicted molar refractivity (Wildman–Crippen MR) is 66.2 cm³/mol. The van der Waals surface area contributed by atoms with E-state index in [2.05, 4.69) is 48.1 Å². The second-order valence-electron chi connectivity index (χ2n) is 5.37.